The molecule has 0 amide bonds. The molecular weight excluding hydrogens is 398 g/mol. The van der Waals surface area contributed by atoms with E-state index in [0.29, 0.717) is 29.3 Å². The van der Waals surface area contributed by atoms with E-state index in [2.05, 4.69) is 15.3 Å². The first-order chi connectivity index (χ1) is 15.1. The summed E-state index contributed by atoms with van der Waals surface area (Å²) in [7, 11) is 0. The predicted octanol–water partition coefficient (Wildman–Crippen LogP) is 4.63. The van der Waals surface area contributed by atoms with E-state index in [0.717, 1.165) is 16.5 Å². The number of nitrogens with zero attached hydrogens (tertiary/aromatic N) is 3. The third-order valence-corrected chi connectivity index (χ3v) is 4.52. The van der Waals surface area contributed by atoms with Gasteiger partial charge in [0.05, 0.1) is 6.61 Å². The lowest BCUT2D eigenvalue weighted by Gasteiger charge is -2.07. The molecular formula is C23H21N3O5. The quantitative estimate of drug-likeness (QED) is 0.332. The molecule has 8 heteroatoms. The SMILES string of the molecule is CCOc1cccc2cc(-c3nc(-c4ccc(C)cc4)no3)/c(=N\OC(=O)CC)oc12. The molecule has 0 fully saturated rings. The zero-order valence-corrected chi connectivity index (χ0v) is 17.4. The van der Waals surface area contributed by atoms with Crippen molar-refractivity contribution in [1.82, 2.24) is 10.1 Å². The molecule has 0 bridgehead atoms. The first-order valence-corrected chi connectivity index (χ1v) is 9.93. The lowest BCUT2D eigenvalue weighted by atomic mass is 10.1. The molecule has 0 aliphatic heterocycles. The second kappa shape index (κ2) is 8.83. The molecule has 0 atom stereocenters. The summed E-state index contributed by atoms with van der Waals surface area (Å²) in [5.74, 6) is 0.671. The summed E-state index contributed by atoms with van der Waals surface area (Å²) in [6.45, 7) is 6.03. The second-order valence-corrected chi connectivity index (χ2v) is 6.77. The lowest BCUT2D eigenvalue weighted by molar-refractivity contribution is -0.144. The van der Waals surface area contributed by atoms with Gasteiger partial charge in [0.25, 0.3) is 11.4 Å². The van der Waals surface area contributed by atoms with E-state index in [-0.39, 0.29) is 17.9 Å². The van der Waals surface area contributed by atoms with Gasteiger partial charge in [0, 0.05) is 17.4 Å². The number of aryl methyl sites for hydroxylation is 1. The van der Waals surface area contributed by atoms with Gasteiger partial charge in [0.2, 0.25) is 5.82 Å². The smallest absolute Gasteiger partial charge is 0.334 e. The molecule has 0 saturated heterocycles. The number of ether oxygens (including phenoxy) is 1. The lowest BCUT2D eigenvalue weighted by Crippen LogP contribution is -2.10. The van der Waals surface area contributed by atoms with Gasteiger partial charge in [-0.1, -0.05) is 54.0 Å². The fourth-order valence-electron chi connectivity index (χ4n) is 2.92. The summed E-state index contributed by atoms with van der Waals surface area (Å²) in [6, 6.07) is 15.1. The molecule has 0 aliphatic carbocycles. The Morgan fingerprint density at radius 2 is 1.94 bits per heavy atom. The minimum absolute atomic E-state index is 0.0283. The van der Waals surface area contributed by atoms with Crippen LogP contribution in [0.15, 0.2) is 62.6 Å². The highest BCUT2D eigenvalue weighted by Gasteiger charge is 2.17. The topological polar surface area (TPSA) is 100.0 Å². The van der Waals surface area contributed by atoms with Crippen molar-refractivity contribution in [2.45, 2.75) is 27.2 Å². The van der Waals surface area contributed by atoms with Crippen molar-refractivity contribution in [2.75, 3.05) is 6.61 Å². The highest BCUT2D eigenvalue weighted by atomic mass is 16.7. The van der Waals surface area contributed by atoms with E-state index >= 15 is 0 Å². The molecule has 31 heavy (non-hydrogen) atoms. The minimum Gasteiger partial charge on any atom is -0.490 e. The molecule has 4 rings (SSSR count). The third kappa shape index (κ3) is 4.32. The minimum atomic E-state index is -0.495. The van der Waals surface area contributed by atoms with Crippen LogP contribution in [0.25, 0.3) is 33.8 Å². The first-order valence-electron chi connectivity index (χ1n) is 9.93. The summed E-state index contributed by atoms with van der Waals surface area (Å²) >= 11 is 0. The Morgan fingerprint density at radius 1 is 1.13 bits per heavy atom. The van der Waals surface area contributed by atoms with Gasteiger partial charge >= 0.3 is 5.97 Å². The Morgan fingerprint density at radius 3 is 2.68 bits per heavy atom. The summed E-state index contributed by atoms with van der Waals surface area (Å²) in [5.41, 5.74) is 2.84. The summed E-state index contributed by atoms with van der Waals surface area (Å²) in [6.07, 6.45) is 0.175. The fraction of sp³-hybridized carbons (Fsp3) is 0.217. The van der Waals surface area contributed by atoms with Crippen LogP contribution in [0.2, 0.25) is 0 Å². The maximum Gasteiger partial charge on any atom is 0.334 e. The molecule has 0 saturated carbocycles. The number of hydrogen-bond donors (Lipinski definition) is 0. The average molecular weight is 419 g/mol. The van der Waals surface area contributed by atoms with Crippen molar-refractivity contribution in [3.8, 4) is 28.6 Å². The Kier molecular flexibility index (Phi) is 5.79. The van der Waals surface area contributed by atoms with E-state index in [1.54, 1.807) is 19.1 Å². The zero-order chi connectivity index (χ0) is 21.8. The molecule has 4 aromatic rings. The van der Waals surface area contributed by atoms with Crippen LogP contribution in [0.5, 0.6) is 5.75 Å². The molecule has 0 aliphatic rings. The normalized spacial score (nSPS) is 11.6. The van der Waals surface area contributed by atoms with Gasteiger partial charge in [0.15, 0.2) is 11.3 Å². The van der Waals surface area contributed by atoms with Crippen LogP contribution in [0.3, 0.4) is 0 Å². The van der Waals surface area contributed by atoms with E-state index in [4.69, 9.17) is 18.5 Å². The second-order valence-electron chi connectivity index (χ2n) is 6.77. The van der Waals surface area contributed by atoms with Crippen LogP contribution < -0.4 is 10.3 Å². The van der Waals surface area contributed by atoms with E-state index in [1.165, 1.54) is 0 Å². The Balaban J connectivity index is 1.86. The maximum atomic E-state index is 11.6. The number of carbonyl (C=O) groups excluding carboxylic acids is 1. The number of hydrogen-bond acceptors (Lipinski definition) is 8. The largest absolute Gasteiger partial charge is 0.490 e. The average Bonchev–Trinajstić information content (AvgIpc) is 3.28. The van der Waals surface area contributed by atoms with Crippen LogP contribution >= 0.6 is 0 Å². The van der Waals surface area contributed by atoms with Crippen LogP contribution in [0.4, 0.5) is 0 Å². The fourth-order valence-corrected chi connectivity index (χ4v) is 2.92. The number of rotatable bonds is 6. The van der Waals surface area contributed by atoms with Crippen molar-refractivity contribution in [2.24, 2.45) is 5.16 Å². The number of benzene rings is 2. The molecule has 0 N–H and O–H groups in total. The van der Waals surface area contributed by atoms with Crippen molar-refractivity contribution in [1.29, 1.82) is 0 Å². The molecule has 2 heterocycles. The van der Waals surface area contributed by atoms with Crippen LogP contribution in [-0.4, -0.2) is 22.7 Å². The molecule has 2 aromatic heterocycles. The Hall–Kier alpha value is -3.94. The van der Waals surface area contributed by atoms with Crippen molar-refractivity contribution in [3.63, 3.8) is 0 Å². The van der Waals surface area contributed by atoms with Gasteiger partial charge in [-0.2, -0.15) is 4.98 Å². The predicted molar refractivity (Wildman–Crippen MR) is 113 cm³/mol. The Labute approximate surface area is 178 Å². The molecule has 0 unspecified atom stereocenters. The Bertz CT molecular complexity index is 1290. The summed E-state index contributed by atoms with van der Waals surface area (Å²) in [5, 5.41) is 8.72. The number of para-hydroxylation sites is 1. The molecule has 0 spiro atoms. The van der Waals surface area contributed by atoms with Crippen LogP contribution in [-0.2, 0) is 9.63 Å². The highest BCUT2D eigenvalue weighted by molar-refractivity contribution is 5.85. The zero-order valence-electron chi connectivity index (χ0n) is 17.4. The van der Waals surface area contributed by atoms with Gasteiger partial charge in [-0.15, -0.1) is 0 Å². The monoisotopic (exact) mass is 419 g/mol. The van der Waals surface area contributed by atoms with E-state index < -0.39 is 5.97 Å². The van der Waals surface area contributed by atoms with Gasteiger partial charge in [-0.25, -0.2) is 4.79 Å². The summed E-state index contributed by atoms with van der Waals surface area (Å²) in [4.78, 5) is 21.1. The highest BCUT2D eigenvalue weighted by Crippen LogP contribution is 2.28. The first kappa shape index (κ1) is 20.3. The standard InChI is InChI=1S/C23H21N3O5/c1-4-19(27)30-26-23-17(13-16-7-6-8-18(28-5-2)20(16)29-23)22-24-21(25-31-22)15-11-9-14(3)10-12-15/h6-13H,4-5H2,1-3H3/b26-23+. The van der Waals surface area contributed by atoms with Gasteiger partial charge < -0.3 is 18.5 Å². The number of fused-ring (bicyclic) bond motifs is 1. The van der Waals surface area contributed by atoms with E-state index in [9.17, 15) is 4.79 Å². The number of aromatic nitrogens is 2. The van der Waals surface area contributed by atoms with Crippen LogP contribution in [0.1, 0.15) is 25.8 Å². The summed E-state index contributed by atoms with van der Waals surface area (Å²) < 4.78 is 17.1. The third-order valence-electron chi connectivity index (χ3n) is 4.52. The van der Waals surface area contributed by atoms with Crippen molar-refractivity contribution >= 4 is 16.9 Å². The van der Waals surface area contributed by atoms with Crippen LogP contribution in [0, 0.1) is 6.92 Å². The molecule has 158 valence electrons. The van der Waals surface area contributed by atoms with Gasteiger partial charge in [-0.3, -0.25) is 0 Å². The maximum absolute atomic E-state index is 11.6. The van der Waals surface area contributed by atoms with Crippen molar-refractivity contribution < 1.29 is 23.3 Å². The van der Waals surface area contributed by atoms with E-state index in [1.807, 2.05) is 50.2 Å². The molecule has 0 radical (unpaired) electrons. The molecule has 2 aromatic carbocycles. The van der Waals surface area contributed by atoms with Gasteiger partial charge in [0.1, 0.15) is 5.56 Å². The van der Waals surface area contributed by atoms with Gasteiger partial charge in [-0.05, 0) is 31.1 Å². The molecule has 8 nitrogen and oxygen atoms in total. The van der Waals surface area contributed by atoms with Crippen molar-refractivity contribution in [3.05, 3.63) is 59.6 Å². The number of carbonyl (C=O) groups is 1.